The number of carbonyl (C=O) groups excluding carboxylic acids is 1. The highest BCUT2D eigenvalue weighted by Gasteiger charge is 2.41. The minimum atomic E-state index is 0.0524. The van der Waals surface area contributed by atoms with Crippen molar-refractivity contribution in [2.75, 3.05) is 25.0 Å². The van der Waals surface area contributed by atoms with Crippen LogP contribution in [0, 0.1) is 11.3 Å². The average molecular weight is 390 g/mol. The van der Waals surface area contributed by atoms with Crippen LogP contribution in [0.3, 0.4) is 0 Å². The zero-order chi connectivity index (χ0) is 20.0. The van der Waals surface area contributed by atoms with Crippen molar-refractivity contribution >= 4 is 22.5 Å². The maximum Gasteiger partial charge on any atom is 0.229 e. The maximum absolute atomic E-state index is 12.8. The van der Waals surface area contributed by atoms with Crippen molar-refractivity contribution in [1.29, 1.82) is 0 Å². The molecule has 2 aliphatic rings. The molecule has 150 valence electrons. The molecular formula is C23H27N5O. The zero-order valence-electron chi connectivity index (χ0n) is 17.1. The fourth-order valence-corrected chi connectivity index (χ4v) is 4.29. The molecule has 3 heterocycles. The van der Waals surface area contributed by atoms with E-state index in [1.165, 1.54) is 12.8 Å². The van der Waals surface area contributed by atoms with Crippen molar-refractivity contribution in [2.45, 2.75) is 26.2 Å². The number of rotatable bonds is 5. The van der Waals surface area contributed by atoms with Gasteiger partial charge in [-0.05, 0) is 54.3 Å². The standard InChI is InChI=1S/C23H27N5O/c1-23(6-7-23)15-28-8-5-18(14-28)22(29)26-21-10-19-9-16(3-4-17(19)11-24-21)20-12-25-27(2)13-20/h3-4,9-13,18H,5-8,14-15H2,1-2H3,(H,24,26,29). The smallest absolute Gasteiger partial charge is 0.229 e. The number of likely N-dealkylation sites (tertiary alicyclic amines) is 1. The first-order valence-electron chi connectivity index (χ1n) is 10.4. The average Bonchev–Trinajstić information content (AvgIpc) is 3.08. The van der Waals surface area contributed by atoms with E-state index in [1.54, 1.807) is 4.68 Å². The second kappa shape index (κ2) is 6.95. The minimum Gasteiger partial charge on any atom is -0.310 e. The minimum absolute atomic E-state index is 0.0524. The first-order valence-corrected chi connectivity index (χ1v) is 10.4. The van der Waals surface area contributed by atoms with Gasteiger partial charge in [0.2, 0.25) is 5.91 Å². The Morgan fingerprint density at radius 3 is 2.83 bits per heavy atom. The van der Waals surface area contributed by atoms with Crippen LogP contribution in [0.15, 0.2) is 42.9 Å². The molecule has 6 nitrogen and oxygen atoms in total. The fourth-order valence-electron chi connectivity index (χ4n) is 4.29. The summed E-state index contributed by atoms with van der Waals surface area (Å²) in [5.41, 5.74) is 2.68. The highest BCUT2D eigenvalue weighted by atomic mass is 16.2. The van der Waals surface area contributed by atoms with Gasteiger partial charge in [-0.25, -0.2) is 4.98 Å². The number of benzene rings is 1. The summed E-state index contributed by atoms with van der Waals surface area (Å²) in [5.74, 6) is 0.763. The number of fused-ring (bicyclic) bond motifs is 1. The van der Waals surface area contributed by atoms with Gasteiger partial charge >= 0.3 is 0 Å². The molecule has 2 fully saturated rings. The lowest BCUT2D eigenvalue weighted by Crippen LogP contribution is -2.30. The summed E-state index contributed by atoms with van der Waals surface area (Å²) in [7, 11) is 1.91. The predicted molar refractivity (Wildman–Crippen MR) is 114 cm³/mol. The van der Waals surface area contributed by atoms with Gasteiger partial charge in [0.1, 0.15) is 5.82 Å². The molecule has 3 aromatic rings. The summed E-state index contributed by atoms with van der Waals surface area (Å²) in [6, 6.07) is 8.22. The molecule has 6 heteroatoms. The summed E-state index contributed by atoms with van der Waals surface area (Å²) < 4.78 is 1.80. The Balaban J connectivity index is 1.29. The van der Waals surface area contributed by atoms with Gasteiger partial charge in [-0.1, -0.05) is 19.1 Å². The number of aromatic nitrogens is 3. The van der Waals surface area contributed by atoms with E-state index in [2.05, 4.69) is 45.4 Å². The molecule has 2 aromatic heterocycles. The number of hydrogen-bond donors (Lipinski definition) is 1. The zero-order valence-corrected chi connectivity index (χ0v) is 17.1. The highest BCUT2D eigenvalue weighted by Crippen LogP contribution is 2.46. The van der Waals surface area contributed by atoms with Crippen LogP contribution in [0.5, 0.6) is 0 Å². The second-order valence-electron chi connectivity index (χ2n) is 9.05. The molecule has 0 spiro atoms. The van der Waals surface area contributed by atoms with Crippen molar-refractivity contribution in [1.82, 2.24) is 19.7 Å². The fraction of sp³-hybridized carbons (Fsp3) is 0.435. The quantitative estimate of drug-likeness (QED) is 0.723. The van der Waals surface area contributed by atoms with Crippen molar-refractivity contribution in [3.63, 3.8) is 0 Å². The van der Waals surface area contributed by atoms with Gasteiger partial charge < -0.3 is 10.2 Å². The molecule has 5 rings (SSSR count). The monoisotopic (exact) mass is 389 g/mol. The summed E-state index contributed by atoms with van der Waals surface area (Å²) in [6.45, 7) is 5.36. The maximum atomic E-state index is 12.8. The van der Waals surface area contributed by atoms with E-state index >= 15 is 0 Å². The summed E-state index contributed by atoms with van der Waals surface area (Å²) in [4.78, 5) is 19.7. The van der Waals surface area contributed by atoms with Crippen molar-refractivity contribution in [2.24, 2.45) is 18.4 Å². The summed E-state index contributed by atoms with van der Waals surface area (Å²) in [6.07, 6.45) is 9.26. The third-order valence-corrected chi connectivity index (χ3v) is 6.36. The van der Waals surface area contributed by atoms with E-state index in [0.717, 1.165) is 48.0 Å². The first kappa shape index (κ1) is 18.3. The van der Waals surface area contributed by atoms with E-state index in [1.807, 2.05) is 31.7 Å². The van der Waals surface area contributed by atoms with Crippen molar-refractivity contribution in [3.05, 3.63) is 42.9 Å². The van der Waals surface area contributed by atoms with Crippen LogP contribution >= 0.6 is 0 Å². The number of carbonyl (C=O) groups is 1. The Bertz CT molecular complexity index is 1070. The number of anilines is 1. The lowest BCUT2D eigenvalue weighted by atomic mass is 10.0. The van der Waals surface area contributed by atoms with E-state index < -0.39 is 0 Å². The van der Waals surface area contributed by atoms with Crippen LogP contribution in [0.1, 0.15) is 26.2 Å². The van der Waals surface area contributed by atoms with Gasteiger partial charge in [-0.2, -0.15) is 5.10 Å². The van der Waals surface area contributed by atoms with E-state index in [9.17, 15) is 4.79 Å². The number of amides is 1. The van der Waals surface area contributed by atoms with Crippen LogP contribution in [0.2, 0.25) is 0 Å². The molecule has 1 aliphatic carbocycles. The molecule has 29 heavy (non-hydrogen) atoms. The number of hydrogen-bond acceptors (Lipinski definition) is 4. The molecule has 1 saturated carbocycles. The summed E-state index contributed by atoms with van der Waals surface area (Å²) >= 11 is 0. The Kier molecular flexibility index (Phi) is 4.39. The largest absolute Gasteiger partial charge is 0.310 e. The van der Waals surface area contributed by atoms with E-state index in [4.69, 9.17) is 0 Å². The molecule has 1 aromatic carbocycles. The third kappa shape index (κ3) is 3.90. The van der Waals surface area contributed by atoms with Crippen LogP contribution in [-0.4, -0.2) is 45.2 Å². The third-order valence-electron chi connectivity index (χ3n) is 6.36. The lowest BCUT2D eigenvalue weighted by Gasteiger charge is -2.20. The van der Waals surface area contributed by atoms with Crippen LogP contribution in [-0.2, 0) is 11.8 Å². The number of nitrogens with one attached hydrogen (secondary N) is 1. The molecule has 1 aliphatic heterocycles. The Morgan fingerprint density at radius 2 is 2.07 bits per heavy atom. The van der Waals surface area contributed by atoms with Gasteiger partial charge in [-0.3, -0.25) is 9.48 Å². The number of pyridine rings is 1. The molecular weight excluding hydrogens is 362 g/mol. The van der Waals surface area contributed by atoms with Crippen molar-refractivity contribution < 1.29 is 4.79 Å². The molecule has 1 amide bonds. The SMILES string of the molecule is Cn1cc(-c2ccc3cnc(NC(=O)C4CCN(CC5(C)CC5)C4)cc3c2)cn1. The van der Waals surface area contributed by atoms with E-state index in [0.29, 0.717) is 11.2 Å². The van der Waals surface area contributed by atoms with Gasteiger partial charge in [-0.15, -0.1) is 0 Å². The number of aryl methyl sites for hydroxylation is 1. The Morgan fingerprint density at radius 1 is 1.21 bits per heavy atom. The van der Waals surface area contributed by atoms with Gasteiger partial charge in [0.15, 0.2) is 0 Å². The molecule has 0 bridgehead atoms. The predicted octanol–water partition coefficient (Wildman–Crippen LogP) is 3.70. The highest BCUT2D eigenvalue weighted by molar-refractivity contribution is 5.95. The summed E-state index contributed by atoms with van der Waals surface area (Å²) in [5, 5.41) is 9.41. The molecule has 0 radical (unpaired) electrons. The lowest BCUT2D eigenvalue weighted by molar-refractivity contribution is -0.119. The topological polar surface area (TPSA) is 63.1 Å². The molecule has 1 saturated heterocycles. The van der Waals surface area contributed by atoms with Gasteiger partial charge in [0, 0.05) is 43.5 Å². The van der Waals surface area contributed by atoms with E-state index in [-0.39, 0.29) is 11.8 Å². The second-order valence-corrected chi connectivity index (χ2v) is 9.05. The van der Waals surface area contributed by atoms with Crippen LogP contribution in [0.4, 0.5) is 5.82 Å². The van der Waals surface area contributed by atoms with Crippen LogP contribution in [0.25, 0.3) is 21.9 Å². The first-order chi connectivity index (χ1) is 14.0. The number of nitrogens with zero attached hydrogens (tertiary/aromatic N) is 4. The van der Waals surface area contributed by atoms with Crippen molar-refractivity contribution in [3.8, 4) is 11.1 Å². The van der Waals surface area contributed by atoms with Gasteiger partial charge in [0.25, 0.3) is 0 Å². The van der Waals surface area contributed by atoms with Crippen LogP contribution < -0.4 is 5.32 Å². The Hall–Kier alpha value is -2.73. The normalized spacial score (nSPS) is 20.8. The molecule has 1 unspecified atom stereocenters. The molecule has 1 N–H and O–H groups in total. The molecule has 1 atom stereocenters. The Labute approximate surface area is 170 Å². The van der Waals surface area contributed by atoms with Gasteiger partial charge in [0.05, 0.1) is 12.1 Å².